The van der Waals surface area contributed by atoms with E-state index in [1.807, 2.05) is 56.7 Å². The van der Waals surface area contributed by atoms with Crippen LogP contribution in [-0.4, -0.2) is 36.3 Å². The minimum atomic E-state index is -0.108. The molecule has 26 heavy (non-hydrogen) atoms. The minimum absolute atomic E-state index is 0.0215. The number of aryl methyl sites for hydroxylation is 1. The van der Waals surface area contributed by atoms with Crippen LogP contribution in [0.4, 0.5) is 0 Å². The van der Waals surface area contributed by atoms with Crippen molar-refractivity contribution in [2.24, 2.45) is 7.05 Å². The summed E-state index contributed by atoms with van der Waals surface area (Å²) in [5.41, 5.74) is 4.27. The minimum Gasteiger partial charge on any atom is -0.394 e. The first-order chi connectivity index (χ1) is 12.5. The van der Waals surface area contributed by atoms with Crippen molar-refractivity contribution < 1.29 is 5.11 Å². The lowest BCUT2D eigenvalue weighted by Gasteiger charge is -2.06. The summed E-state index contributed by atoms with van der Waals surface area (Å²) >= 11 is 6.01. The van der Waals surface area contributed by atoms with Gasteiger partial charge in [-0.3, -0.25) is 9.36 Å². The number of aliphatic hydroxyl groups is 1. The fourth-order valence-electron chi connectivity index (χ4n) is 2.87. The predicted molar refractivity (Wildman–Crippen MR) is 102 cm³/mol. The van der Waals surface area contributed by atoms with Crippen LogP contribution >= 0.6 is 11.6 Å². The Hall–Kier alpha value is -2.70. The highest BCUT2D eigenvalue weighted by molar-refractivity contribution is 6.30. The van der Waals surface area contributed by atoms with Gasteiger partial charge in [-0.2, -0.15) is 10.2 Å². The van der Waals surface area contributed by atoms with Crippen LogP contribution in [0.1, 0.15) is 13.0 Å². The molecule has 4 aromatic rings. The van der Waals surface area contributed by atoms with Gasteiger partial charge in [-0.05, 0) is 25.1 Å². The lowest BCUT2D eigenvalue weighted by molar-refractivity contribution is 0.230. The molecule has 7 heteroatoms. The van der Waals surface area contributed by atoms with Gasteiger partial charge in [-0.1, -0.05) is 23.7 Å². The van der Waals surface area contributed by atoms with Crippen LogP contribution in [0.2, 0.25) is 5.02 Å². The van der Waals surface area contributed by atoms with Crippen LogP contribution in [0.3, 0.4) is 0 Å². The number of pyridine rings is 1. The van der Waals surface area contributed by atoms with E-state index < -0.39 is 0 Å². The molecule has 0 aliphatic carbocycles. The van der Waals surface area contributed by atoms with Crippen LogP contribution in [0, 0.1) is 0 Å². The van der Waals surface area contributed by atoms with E-state index in [1.54, 1.807) is 15.6 Å². The molecule has 0 saturated heterocycles. The Morgan fingerprint density at radius 2 is 1.92 bits per heavy atom. The standard InChI is InChI=1S/C19H18ClN5O/c1-12(11-26)25-10-14-7-17(13-3-5-16(20)6-4-13)22-18(19(14)23-25)15-8-21-24(2)9-15/h3-10,12,26H,11H2,1-2H3/t12-/m0/s1. The zero-order chi connectivity index (χ0) is 18.3. The third kappa shape index (κ3) is 2.98. The van der Waals surface area contributed by atoms with Crippen molar-refractivity contribution in [3.05, 3.63) is 53.9 Å². The van der Waals surface area contributed by atoms with E-state index in [4.69, 9.17) is 16.6 Å². The quantitative estimate of drug-likeness (QED) is 0.597. The van der Waals surface area contributed by atoms with Gasteiger partial charge < -0.3 is 5.11 Å². The van der Waals surface area contributed by atoms with Gasteiger partial charge in [-0.25, -0.2) is 4.98 Å². The largest absolute Gasteiger partial charge is 0.394 e. The first-order valence-corrected chi connectivity index (χ1v) is 8.68. The molecule has 6 nitrogen and oxygen atoms in total. The first-order valence-electron chi connectivity index (χ1n) is 8.31. The van der Waals surface area contributed by atoms with Crippen LogP contribution in [0.5, 0.6) is 0 Å². The zero-order valence-corrected chi connectivity index (χ0v) is 15.2. The van der Waals surface area contributed by atoms with Gasteiger partial charge in [0.2, 0.25) is 0 Å². The average Bonchev–Trinajstić information content (AvgIpc) is 3.27. The number of nitrogens with zero attached hydrogens (tertiary/aromatic N) is 5. The molecule has 0 spiro atoms. The summed E-state index contributed by atoms with van der Waals surface area (Å²) in [6.07, 6.45) is 5.64. The van der Waals surface area contributed by atoms with Crippen LogP contribution in [0.15, 0.2) is 48.9 Å². The molecule has 0 radical (unpaired) electrons. The summed E-state index contributed by atoms with van der Waals surface area (Å²) in [5, 5.41) is 20.0. The molecule has 0 saturated carbocycles. The highest BCUT2D eigenvalue weighted by Crippen LogP contribution is 2.31. The Morgan fingerprint density at radius 1 is 1.15 bits per heavy atom. The molecule has 0 aliphatic rings. The average molecular weight is 368 g/mol. The molecular weight excluding hydrogens is 350 g/mol. The van der Waals surface area contributed by atoms with Crippen molar-refractivity contribution >= 4 is 22.5 Å². The van der Waals surface area contributed by atoms with Gasteiger partial charge in [-0.15, -0.1) is 0 Å². The topological polar surface area (TPSA) is 68.8 Å². The van der Waals surface area contributed by atoms with Gasteiger partial charge in [0.15, 0.2) is 0 Å². The SMILES string of the molecule is C[C@@H](CO)n1cc2cc(-c3ccc(Cl)cc3)nc(-c3cnn(C)c3)c2n1. The van der Waals surface area contributed by atoms with Crippen molar-refractivity contribution in [1.29, 1.82) is 0 Å². The van der Waals surface area contributed by atoms with Crippen molar-refractivity contribution in [2.75, 3.05) is 6.61 Å². The summed E-state index contributed by atoms with van der Waals surface area (Å²) < 4.78 is 3.52. The Morgan fingerprint density at radius 3 is 2.58 bits per heavy atom. The maximum Gasteiger partial charge on any atom is 0.119 e. The number of rotatable bonds is 4. The highest BCUT2D eigenvalue weighted by atomic mass is 35.5. The van der Waals surface area contributed by atoms with Crippen LogP contribution in [0.25, 0.3) is 33.4 Å². The smallest absolute Gasteiger partial charge is 0.119 e. The summed E-state index contributed by atoms with van der Waals surface area (Å²) in [5.74, 6) is 0. The van der Waals surface area contributed by atoms with Gasteiger partial charge in [0.25, 0.3) is 0 Å². The van der Waals surface area contributed by atoms with Crippen molar-refractivity contribution in [3.63, 3.8) is 0 Å². The molecule has 0 bridgehead atoms. The molecule has 132 valence electrons. The number of benzene rings is 1. The monoisotopic (exact) mass is 367 g/mol. The third-order valence-corrected chi connectivity index (χ3v) is 4.60. The molecule has 0 fully saturated rings. The lowest BCUT2D eigenvalue weighted by atomic mass is 10.1. The molecule has 1 atom stereocenters. The molecule has 1 aromatic carbocycles. The van der Waals surface area contributed by atoms with Crippen molar-refractivity contribution in [1.82, 2.24) is 24.5 Å². The van der Waals surface area contributed by atoms with Gasteiger partial charge in [0.05, 0.1) is 24.5 Å². The van der Waals surface area contributed by atoms with Gasteiger partial charge >= 0.3 is 0 Å². The Bertz CT molecular complexity index is 1070. The molecule has 4 rings (SSSR count). The van der Waals surface area contributed by atoms with Gasteiger partial charge in [0, 0.05) is 41.0 Å². The molecule has 3 aromatic heterocycles. The lowest BCUT2D eigenvalue weighted by Crippen LogP contribution is -2.09. The fourth-order valence-corrected chi connectivity index (χ4v) is 3.00. The second-order valence-corrected chi connectivity index (χ2v) is 6.78. The number of fused-ring (bicyclic) bond motifs is 1. The number of hydrogen-bond acceptors (Lipinski definition) is 4. The number of aliphatic hydroxyl groups excluding tert-OH is 1. The van der Waals surface area contributed by atoms with E-state index in [-0.39, 0.29) is 12.6 Å². The maximum absolute atomic E-state index is 9.46. The molecule has 3 heterocycles. The summed E-state index contributed by atoms with van der Waals surface area (Å²) in [6.45, 7) is 1.94. The maximum atomic E-state index is 9.46. The number of halogens is 1. The number of hydrogen-bond donors (Lipinski definition) is 1. The first kappa shape index (κ1) is 16.8. The fraction of sp³-hybridized carbons (Fsp3) is 0.211. The molecular formula is C19H18ClN5O. The second-order valence-electron chi connectivity index (χ2n) is 6.34. The van der Waals surface area contributed by atoms with E-state index in [0.717, 1.165) is 33.4 Å². The van der Waals surface area contributed by atoms with E-state index >= 15 is 0 Å². The highest BCUT2D eigenvalue weighted by Gasteiger charge is 2.16. The van der Waals surface area contributed by atoms with Crippen molar-refractivity contribution in [2.45, 2.75) is 13.0 Å². The third-order valence-electron chi connectivity index (χ3n) is 4.34. The summed E-state index contributed by atoms with van der Waals surface area (Å²) in [4.78, 5) is 4.85. The van der Waals surface area contributed by atoms with Crippen LogP contribution < -0.4 is 0 Å². The van der Waals surface area contributed by atoms with E-state index in [1.165, 1.54) is 0 Å². The molecule has 0 aliphatic heterocycles. The normalized spacial score (nSPS) is 12.6. The van der Waals surface area contributed by atoms with Crippen LogP contribution in [-0.2, 0) is 7.05 Å². The van der Waals surface area contributed by atoms with Gasteiger partial charge in [0.1, 0.15) is 11.2 Å². The molecule has 0 unspecified atom stereocenters. The van der Waals surface area contributed by atoms with E-state index in [2.05, 4.69) is 10.2 Å². The summed E-state index contributed by atoms with van der Waals surface area (Å²) in [7, 11) is 1.87. The summed E-state index contributed by atoms with van der Waals surface area (Å²) in [6, 6.07) is 9.50. The van der Waals surface area contributed by atoms with E-state index in [9.17, 15) is 5.11 Å². The predicted octanol–water partition coefficient (Wildman–Crippen LogP) is 3.71. The zero-order valence-electron chi connectivity index (χ0n) is 14.5. The Kier molecular flexibility index (Phi) is 4.22. The second kappa shape index (κ2) is 6.55. The van der Waals surface area contributed by atoms with E-state index in [0.29, 0.717) is 5.02 Å². The van der Waals surface area contributed by atoms with Crippen molar-refractivity contribution in [3.8, 4) is 22.5 Å². The molecule has 0 amide bonds. The Balaban J connectivity index is 1.95. The number of aromatic nitrogens is 5. The Labute approximate surface area is 155 Å². The molecule has 1 N–H and O–H groups in total.